The zero-order valence-electron chi connectivity index (χ0n) is 15.9. The Kier molecular flexibility index (Phi) is 5.53. The van der Waals surface area contributed by atoms with E-state index in [-0.39, 0.29) is 11.8 Å². The first kappa shape index (κ1) is 18.4. The van der Waals surface area contributed by atoms with Crippen LogP contribution in [0.1, 0.15) is 30.1 Å². The molecule has 28 heavy (non-hydrogen) atoms. The van der Waals surface area contributed by atoms with E-state index in [9.17, 15) is 4.79 Å². The number of aryl methyl sites for hydroxylation is 1. The largest absolute Gasteiger partial charge is 0.467 e. The monoisotopic (exact) mass is 380 g/mol. The molecule has 1 fully saturated rings. The van der Waals surface area contributed by atoms with Crippen LogP contribution in [0.15, 0.2) is 51.6 Å². The number of benzene rings is 1. The fourth-order valence-corrected chi connectivity index (χ4v) is 3.56. The van der Waals surface area contributed by atoms with Crippen molar-refractivity contribution >= 4 is 5.91 Å². The lowest BCUT2D eigenvalue weighted by Crippen LogP contribution is -2.42. The molecule has 0 bridgehead atoms. The Morgan fingerprint density at radius 3 is 3.07 bits per heavy atom. The average molecular weight is 380 g/mol. The molecule has 4 rings (SSSR count). The molecule has 7 nitrogen and oxygen atoms in total. The van der Waals surface area contributed by atoms with Crippen LogP contribution in [-0.2, 0) is 17.9 Å². The van der Waals surface area contributed by atoms with Gasteiger partial charge in [0.1, 0.15) is 5.76 Å². The molecule has 1 unspecified atom stereocenters. The summed E-state index contributed by atoms with van der Waals surface area (Å²) in [5.74, 6) is 1.96. The van der Waals surface area contributed by atoms with Gasteiger partial charge < -0.3 is 14.3 Å². The molecule has 3 heterocycles. The fourth-order valence-electron chi connectivity index (χ4n) is 3.56. The molecular formula is C21H24N4O3. The summed E-state index contributed by atoms with van der Waals surface area (Å²) >= 11 is 0. The van der Waals surface area contributed by atoms with E-state index < -0.39 is 0 Å². The van der Waals surface area contributed by atoms with Gasteiger partial charge in [-0.05, 0) is 44.5 Å². The molecular weight excluding hydrogens is 356 g/mol. The van der Waals surface area contributed by atoms with Gasteiger partial charge in [0.2, 0.25) is 17.6 Å². The predicted molar refractivity (Wildman–Crippen MR) is 103 cm³/mol. The van der Waals surface area contributed by atoms with E-state index in [1.165, 1.54) is 0 Å². The zero-order chi connectivity index (χ0) is 19.3. The third-order valence-electron chi connectivity index (χ3n) is 5.00. The van der Waals surface area contributed by atoms with Crippen molar-refractivity contribution in [3.63, 3.8) is 0 Å². The standard InChI is InChI=1S/C21H24N4O3/c1-15-5-2-6-16(11-15)20-23-19(28-24-20)14-25-9-3-7-17(13-25)21(26)22-12-18-8-4-10-27-18/h2,4-6,8,10-11,17H,3,7,9,12-14H2,1H3,(H,22,26). The zero-order valence-corrected chi connectivity index (χ0v) is 15.9. The highest BCUT2D eigenvalue weighted by molar-refractivity contribution is 5.78. The van der Waals surface area contributed by atoms with Crippen LogP contribution in [0.2, 0.25) is 0 Å². The lowest BCUT2D eigenvalue weighted by molar-refractivity contribution is -0.127. The highest BCUT2D eigenvalue weighted by Gasteiger charge is 2.27. The summed E-state index contributed by atoms with van der Waals surface area (Å²) in [7, 11) is 0. The van der Waals surface area contributed by atoms with Gasteiger partial charge in [0.15, 0.2) is 0 Å². The summed E-state index contributed by atoms with van der Waals surface area (Å²) in [6.07, 6.45) is 3.47. The van der Waals surface area contributed by atoms with Crippen molar-refractivity contribution < 1.29 is 13.7 Å². The number of aromatic nitrogens is 2. The lowest BCUT2D eigenvalue weighted by atomic mass is 9.97. The minimum Gasteiger partial charge on any atom is -0.467 e. The van der Waals surface area contributed by atoms with Crippen LogP contribution in [0.4, 0.5) is 0 Å². The van der Waals surface area contributed by atoms with Gasteiger partial charge >= 0.3 is 0 Å². The second kappa shape index (κ2) is 8.39. The highest BCUT2D eigenvalue weighted by atomic mass is 16.5. The Balaban J connectivity index is 1.33. The Morgan fingerprint density at radius 1 is 1.32 bits per heavy atom. The molecule has 1 aliphatic rings. The number of nitrogens with one attached hydrogen (secondary N) is 1. The Bertz CT molecular complexity index is 919. The summed E-state index contributed by atoms with van der Waals surface area (Å²) in [5, 5.41) is 7.06. The first-order valence-electron chi connectivity index (χ1n) is 9.59. The van der Waals surface area contributed by atoms with Gasteiger partial charge in [0.05, 0.1) is 25.3 Å². The van der Waals surface area contributed by atoms with Gasteiger partial charge in [-0.1, -0.05) is 28.9 Å². The fraction of sp³-hybridized carbons (Fsp3) is 0.381. The van der Waals surface area contributed by atoms with E-state index in [4.69, 9.17) is 8.94 Å². The molecule has 1 atom stereocenters. The van der Waals surface area contributed by atoms with Crippen molar-refractivity contribution in [2.45, 2.75) is 32.9 Å². The van der Waals surface area contributed by atoms with Crippen LogP contribution in [0.25, 0.3) is 11.4 Å². The molecule has 1 amide bonds. The summed E-state index contributed by atoms with van der Waals surface area (Å²) in [5.41, 5.74) is 2.10. The summed E-state index contributed by atoms with van der Waals surface area (Å²) in [6.45, 7) is 4.62. The number of carbonyl (C=O) groups excluding carboxylic acids is 1. The Hall–Kier alpha value is -2.93. The van der Waals surface area contributed by atoms with Crippen LogP contribution in [0.5, 0.6) is 0 Å². The average Bonchev–Trinajstić information content (AvgIpc) is 3.38. The minimum atomic E-state index is -0.0390. The number of amides is 1. The third kappa shape index (κ3) is 4.48. The van der Waals surface area contributed by atoms with Crippen molar-refractivity contribution in [2.24, 2.45) is 5.92 Å². The van der Waals surface area contributed by atoms with Crippen molar-refractivity contribution in [3.8, 4) is 11.4 Å². The number of likely N-dealkylation sites (tertiary alicyclic amines) is 1. The van der Waals surface area contributed by atoms with Gasteiger partial charge in [-0.15, -0.1) is 0 Å². The third-order valence-corrected chi connectivity index (χ3v) is 5.00. The summed E-state index contributed by atoms with van der Waals surface area (Å²) in [6, 6.07) is 11.7. The van der Waals surface area contributed by atoms with Crippen molar-refractivity contribution in [1.29, 1.82) is 0 Å². The number of furan rings is 1. The molecule has 1 N–H and O–H groups in total. The van der Waals surface area contributed by atoms with E-state index in [2.05, 4.69) is 20.4 Å². The number of carbonyl (C=O) groups is 1. The van der Waals surface area contributed by atoms with Crippen molar-refractivity contribution in [2.75, 3.05) is 13.1 Å². The molecule has 7 heteroatoms. The molecule has 146 valence electrons. The second-order valence-electron chi connectivity index (χ2n) is 7.25. The van der Waals surface area contributed by atoms with E-state index >= 15 is 0 Å². The van der Waals surface area contributed by atoms with Gasteiger partial charge in [-0.25, -0.2) is 0 Å². The van der Waals surface area contributed by atoms with E-state index in [0.717, 1.165) is 36.3 Å². The normalized spacial score (nSPS) is 17.5. The van der Waals surface area contributed by atoms with Crippen LogP contribution in [0.3, 0.4) is 0 Å². The molecule has 1 aromatic carbocycles. The summed E-state index contributed by atoms with van der Waals surface area (Å²) < 4.78 is 10.7. The summed E-state index contributed by atoms with van der Waals surface area (Å²) in [4.78, 5) is 19.2. The van der Waals surface area contributed by atoms with Gasteiger partial charge in [-0.3, -0.25) is 9.69 Å². The van der Waals surface area contributed by atoms with E-state index in [0.29, 0.717) is 31.3 Å². The molecule has 2 aromatic heterocycles. The number of hydrogen-bond donors (Lipinski definition) is 1. The number of piperidine rings is 1. The first-order chi connectivity index (χ1) is 13.7. The maximum atomic E-state index is 12.5. The molecule has 1 aliphatic heterocycles. The molecule has 0 saturated carbocycles. The molecule has 0 radical (unpaired) electrons. The maximum absolute atomic E-state index is 12.5. The predicted octanol–water partition coefficient (Wildman–Crippen LogP) is 3.17. The van der Waals surface area contributed by atoms with Crippen molar-refractivity contribution in [1.82, 2.24) is 20.4 Å². The molecule has 3 aromatic rings. The second-order valence-corrected chi connectivity index (χ2v) is 7.25. The maximum Gasteiger partial charge on any atom is 0.241 e. The van der Waals surface area contributed by atoms with Gasteiger partial charge in [0.25, 0.3) is 0 Å². The number of rotatable bonds is 6. The molecule has 1 saturated heterocycles. The smallest absolute Gasteiger partial charge is 0.241 e. The molecule has 0 spiro atoms. The molecule has 0 aliphatic carbocycles. The number of hydrogen-bond acceptors (Lipinski definition) is 6. The van der Waals surface area contributed by atoms with E-state index in [1.54, 1.807) is 6.26 Å². The van der Waals surface area contributed by atoms with Gasteiger partial charge in [0, 0.05) is 12.1 Å². The first-order valence-corrected chi connectivity index (χ1v) is 9.59. The minimum absolute atomic E-state index is 0.0390. The van der Waals surface area contributed by atoms with Crippen LogP contribution < -0.4 is 5.32 Å². The lowest BCUT2D eigenvalue weighted by Gasteiger charge is -2.30. The Labute approximate surface area is 163 Å². The van der Waals surface area contributed by atoms with Crippen LogP contribution in [-0.4, -0.2) is 34.0 Å². The number of nitrogens with zero attached hydrogens (tertiary/aromatic N) is 3. The van der Waals surface area contributed by atoms with Gasteiger partial charge in [-0.2, -0.15) is 4.98 Å². The van der Waals surface area contributed by atoms with Crippen LogP contribution in [0, 0.1) is 12.8 Å². The highest BCUT2D eigenvalue weighted by Crippen LogP contribution is 2.21. The topological polar surface area (TPSA) is 84.4 Å². The SMILES string of the molecule is Cc1cccc(-c2noc(CN3CCCC(C(=O)NCc4ccco4)C3)n2)c1. The van der Waals surface area contributed by atoms with E-state index in [1.807, 2.05) is 43.3 Å². The van der Waals surface area contributed by atoms with Crippen LogP contribution >= 0.6 is 0 Å². The van der Waals surface area contributed by atoms with Crippen molar-refractivity contribution in [3.05, 3.63) is 59.9 Å². The quantitative estimate of drug-likeness (QED) is 0.707. The Morgan fingerprint density at radius 2 is 2.25 bits per heavy atom.